The number of hydrogen-bond acceptors (Lipinski definition) is 5. The zero-order valence-corrected chi connectivity index (χ0v) is 16.0. The maximum atomic E-state index is 4.71. The van der Waals surface area contributed by atoms with Crippen molar-refractivity contribution in [2.75, 3.05) is 18.5 Å². The SMILES string of the molecule is CN(c1ccnc(N=C2C=NCCC2)n1)C1CCC2(CCCCC2)CC1. The fourth-order valence-electron chi connectivity index (χ4n) is 4.98. The maximum Gasteiger partial charge on any atom is 0.251 e. The molecule has 0 saturated heterocycles. The third kappa shape index (κ3) is 3.97. The number of hydrogen-bond donors (Lipinski definition) is 0. The zero-order valence-electron chi connectivity index (χ0n) is 16.0. The van der Waals surface area contributed by atoms with Crippen LogP contribution < -0.4 is 4.90 Å². The van der Waals surface area contributed by atoms with E-state index < -0.39 is 0 Å². The van der Waals surface area contributed by atoms with Crippen molar-refractivity contribution in [1.29, 1.82) is 0 Å². The number of rotatable bonds is 3. The molecule has 0 aromatic carbocycles. The summed E-state index contributed by atoms with van der Waals surface area (Å²) in [5, 5.41) is 0. The minimum Gasteiger partial charge on any atom is -0.357 e. The average Bonchev–Trinajstić information content (AvgIpc) is 2.70. The van der Waals surface area contributed by atoms with Crippen LogP contribution in [0.25, 0.3) is 0 Å². The standard InChI is InChI=1S/C21H31N5/c1-26(18-7-12-21(13-8-18)10-3-2-4-11-21)19-9-15-23-20(25-19)24-17-6-5-14-22-16-17/h9,15-16,18H,2-8,10-14H2,1H3. The van der Waals surface area contributed by atoms with E-state index in [0.717, 1.165) is 30.9 Å². The van der Waals surface area contributed by atoms with Gasteiger partial charge in [0.05, 0.1) is 5.71 Å². The summed E-state index contributed by atoms with van der Waals surface area (Å²) in [5.74, 6) is 1.56. The molecule has 2 saturated carbocycles. The van der Waals surface area contributed by atoms with Gasteiger partial charge in [-0.05, 0) is 62.8 Å². The second-order valence-corrected chi connectivity index (χ2v) is 8.36. The number of anilines is 1. The van der Waals surface area contributed by atoms with E-state index in [-0.39, 0.29) is 0 Å². The van der Waals surface area contributed by atoms with Crippen LogP contribution in [0.1, 0.15) is 70.6 Å². The molecule has 0 amide bonds. The third-order valence-electron chi connectivity index (χ3n) is 6.67. The summed E-state index contributed by atoms with van der Waals surface area (Å²) in [5.41, 5.74) is 1.66. The fraction of sp³-hybridized carbons (Fsp3) is 0.714. The molecule has 2 heterocycles. The molecule has 2 aliphatic carbocycles. The van der Waals surface area contributed by atoms with Crippen LogP contribution in [-0.4, -0.2) is 41.5 Å². The molecule has 3 aliphatic rings. The van der Waals surface area contributed by atoms with Gasteiger partial charge in [0.15, 0.2) is 0 Å². The molecule has 0 atom stereocenters. The van der Waals surface area contributed by atoms with Crippen molar-refractivity contribution >= 4 is 23.7 Å². The highest BCUT2D eigenvalue weighted by Crippen LogP contribution is 2.48. The quantitative estimate of drug-likeness (QED) is 0.788. The molecule has 0 unspecified atom stereocenters. The van der Waals surface area contributed by atoms with E-state index in [1.807, 2.05) is 18.5 Å². The van der Waals surface area contributed by atoms with Gasteiger partial charge in [-0.15, -0.1) is 0 Å². The Labute approximate surface area is 157 Å². The molecule has 1 spiro atoms. The lowest BCUT2D eigenvalue weighted by atomic mass is 9.64. The highest BCUT2D eigenvalue weighted by atomic mass is 15.2. The lowest BCUT2D eigenvalue weighted by Gasteiger charge is -2.45. The average molecular weight is 354 g/mol. The summed E-state index contributed by atoms with van der Waals surface area (Å²) >= 11 is 0. The Hall–Kier alpha value is -1.78. The zero-order chi connectivity index (χ0) is 17.8. The summed E-state index contributed by atoms with van der Waals surface area (Å²) in [6.07, 6.45) is 18.3. The van der Waals surface area contributed by atoms with Gasteiger partial charge in [-0.3, -0.25) is 4.99 Å². The second kappa shape index (κ2) is 7.85. The van der Waals surface area contributed by atoms with Gasteiger partial charge in [0.2, 0.25) is 0 Å². The van der Waals surface area contributed by atoms with Gasteiger partial charge in [-0.25, -0.2) is 9.98 Å². The predicted molar refractivity (Wildman–Crippen MR) is 108 cm³/mol. The molecular formula is C21H31N5. The van der Waals surface area contributed by atoms with E-state index in [1.165, 1.54) is 57.8 Å². The molecular weight excluding hydrogens is 322 g/mol. The van der Waals surface area contributed by atoms with Crippen molar-refractivity contribution in [3.8, 4) is 0 Å². The minimum atomic E-state index is 0.567. The second-order valence-electron chi connectivity index (χ2n) is 8.36. The van der Waals surface area contributed by atoms with Crippen LogP contribution in [-0.2, 0) is 0 Å². The monoisotopic (exact) mass is 353 g/mol. The molecule has 0 radical (unpaired) electrons. The smallest absolute Gasteiger partial charge is 0.251 e. The van der Waals surface area contributed by atoms with Gasteiger partial charge in [-0.2, -0.15) is 4.98 Å². The van der Waals surface area contributed by atoms with E-state index >= 15 is 0 Å². The molecule has 1 aromatic rings. The highest BCUT2D eigenvalue weighted by molar-refractivity contribution is 6.31. The lowest BCUT2D eigenvalue weighted by Crippen LogP contribution is -2.40. The van der Waals surface area contributed by atoms with Crippen molar-refractivity contribution in [3.63, 3.8) is 0 Å². The first-order valence-electron chi connectivity index (χ1n) is 10.4. The first-order valence-corrected chi connectivity index (χ1v) is 10.4. The first-order chi connectivity index (χ1) is 12.7. The molecule has 0 N–H and O–H groups in total. The molecule has 26 heavy (non-hydrogen) atoms. The summed E-state index contributed by atoms with van der Waals surface area (Å²) in [6, 6.07) is 2.61. The number of nitrogens with zero attached hydrogens (tertiary/aromatic N) is 5. The van der Waals surface area contributed by atoms with Crippen LogP contribution in [0.3, 0.4) is 0 Å². The molecule has 5 heteroatoms. The number of aromatic nitrogens is 2. The third-order valence-corrected chi connectivity index (χ3v) is 6.67. The van der Waals surface area contributed by atoms with Crippen LogP contribution in [0.5, 0.6) is 0 Å². The molecule has 5 nitrogen and oxygen atoms in total. The van der Waals surface area contributed by atoms with Gasteiger partial charge < -0.3 is 4.90 Å². The van der Waals surface area contributed by atoms with Crippen molar-refractivity contribution in [1.82, 2.24) is 9.97 Å². The normalized spacial score (nSPS) is 24.9. The molecule has 140 valence electrons. The Morgan fingerprint density at radius 2 is 1.88 bits per heavy atom. The van der Waals surface area contributed by atoms with Crippen molar-refractivity contribution in [2.24, 2.45) is 15.4 Å². The van der Waals surface area contributed by atoms with Crippen molar-refractivity contribution in [2.45, 2.75) is 76.7 Å². The topological polar surface area (TPSA) is 53.7 Å². The summed E-state index contributed by atoms with van der Waals surface area (Å²) in [7, 11) is 2.19. The Morgan fingerprint density at radius 1 is 1.08 bits per heavy atom. The molecule has 4 rings (SSSR count). The van der Waals surface area contributed by atoms with E-state index in [1.54, 1.807) is 0 Å². The van der Waals surface area contributed by atoms with Gasteiger partial charge in [0.25, 0.3) is 5.95 Å². The van der Waals surface area contributed by atoms with Crippen LogP contribution in [0.2, 0.25) is 0 Å². The van der Waals surface area contributed by atoms with Crippen LogP contribution in [0.15, 0.2) is 22.2 Å². The number of aliphatic imine (C=N–C) groups is 2. The minimum absolute atomic E-state index is 0.567. The van der Waals surface area contributed by atoms with Gasteiger partial charge in [0, 0.05) is 32.0 Å². The fourth-order valence-corrected chi connectivity index (χ4v) is 4.98. The molecule has 1 aliphatic heterocycles. The molecule has 1 aromatic heterocycles. The summed E-state index contributed by atoms with van der Waals surface area (Å²) in [6.45, 7) is 0.909. The summed E-state index contributed by atoms with van der Waals surface area (Å²) in [4.78, 5) is 20.3. The predicted octanol–water partition coefficient (Wildman–Crippen LogP) is 4.74. The van der Waals surface area contributed by atoms with E-state index in [4.69, 9.17) is 4.98 Å². The van der Waals surface area contributed by atoms with E-state index in [0.29, 0.717) is 17.4 Å². The van der Waals surface area contributed by atoms with Crippen LogP contribution in [0.4, 0.5) is 11.8 Å². The maximum absolute atomic E-state index is 4.71. The molecule has 2 fully saturated rings. The highest BCUT2D eigenvalue weighted by Gasteiger charge is 2.37. The van der Waals surface area contributed by atoms with Gasteiger partial charge >= 0.3 is 0 Å². The van der Waals surface area contributed by atoms with Gasteiger partial charge in [0.1, 0.15) is 5.82 Å². The van der Waals surface area contributed by atoms with E-state index in [9.17, 15) is 0 Å². The Kier molecular flexibility index (Phi) is 5.32. The van der Waals surface area contributed by atoms with Crippen LogP contribution >= 0.6 is 0 Å². The lowest BCUT2D eigenvalue weighted by molar-refractivity contribution is 0.114. The Balaban J connectivity index is 1.42. The molecule has 0 bridgehead atoms. The Morgan fingerprint density at radius 3 is 2.62 bits per heavy atom. The van der Waals surface area contributed by atoms with Crippen molar-refractivity contribution in [3.05, 3.63) is 12.3 Å². The van der Waals surface area contributed by atoms with Crippen molar-refractivity contribution < 1.29 is 0 Å². The van der Waals surface area contributed by atoms with Crippen LogP contribution in [0, 0.1) is 5.41 Å². The largest absolute Gasteiger partial charge is 0.357 e. The summed E-state index contributed by atoms with van der Waals surface area (Å²) < 4.78 is 0. The first kappa shape index (κ1) is 17.6. The Bertz CT molecular complexity index is 665. The van der Waals surface area contributed by atoms with Gasteiger partial charge in [-0.1, -0.05) is 19.3 Å². The van der Waals surface area contributed by atoms with E-state index in [2.05, 4.69) is 26.9 Å².